The summed E-state index contributed by atoms with van der Waals surface area (Å²) in [6.45, 7) is 4.99. The van der Waals surface area contributed by atoms with Crippen molar-refractivity contribution < 1.29 is 14.6 Å². The van der Waals surface area contributed by atoms with Gasteiger partial charge in [-0.05, 0) is 19.9 Å². The van der Waals surface area contributed by atoms with Gasteiger partial charge in [0.1, 0.15) is 5.75 Å². The molecule has 1 aromatic carbocycles. The number of hydrogen-bond donors (Lipinski definition) is 2. The quantitative estimate of drug-likeness (QED) is 0.768. The summed E-state index contributed by atoms with van der Waals surface area (Å²) in [6, 6.07) is 5.89. The fourth-order valence-corrected chi connectivity index (χ4v) is 1.45. The molecular weight excluding hydrogens is 206 g/mol. The molecule has 0 spiro atoms. The fourth-order valence-electron chi connectivity index (χ4n) is 1.45. The Kier molecular flexibility index (Phi) is 4.79. The van der Waals surface area contributed by atoms with E-state index in [1.807, 2.05) is 32.0 Å². The number of carboxylic acid groups (broad SMARTS) is 1. The second-order valence-corrected chi connectivity index (χ2v) is 3.54. The summed E-state index contributed by atoms with van der Waals surface area (Å²) in [5.74, 6) is -0.0448. The number of carbonyl (C=O) groups is 1. The molecule has 2 N–H and O–H groups in total. The number of carboxylic acids is 1. The number of benzene rings is 1. The lowest BCUT2D eigenvalue weighted by molar-refractivity contribution is -0.136. The lowest BCUT2D eigenvalue weighted by Gasteiger charge is -2.11. The van der Waals surface area contributed by atoms with E-state index >= 15 is 0 Å². The highest BCUT2D eigenvalue weighted by molar-refractivity contribution is 5.69. The van der Waals surface area contributed by atoms with Crippen molar-refractivity contribution >= 4 is 5.97 Å². The van der Waals surface area contributed by atoms with Gasteiger partial charge in [0.2, 0.25) is 0 Å². The zero-order valence-electron chi connectivity index (χ0n) is 9.62. The molecule has 0 saturated heterocycles. The van der Waals surface area contributed by atoms with Crippen LogP contribution in [0.4, 0.5) is 0 Å². The minimum Gasteiger partial charge on any atom is -0.494 e. The Hall–Kier alpha value is -1.55. The van der Waals surface area contributed by atoms with E-state index < -0.39 is 5.97 Å². The maximum atomic E-state index is 10.4. The molecule has 16 heavy (non-hydrogen) atoms. The molecule has 88 valence electrons. The Bertz CT molecular complexity index is 363. The predicted octanol–water partition coefficient (Wildman–Crippen LogP) is 1.57. The summed E-state index contributed by atoms with van der Waals surface area (Å²) in [6.07, 6.45) is 0. The normalized spacial score (nSPS) is 10.1. The predicted molar refractivity (Wildman–Crippen MR) is 61.7 cm³/mol. The number of rotatable bonds is 6. The Morgan fingerprint density at radius 3 is 2.88 bits per heavy atom. The third-order valence-corrected chi connectivity index (χ3v) is 2.11. The zero-order chi connectivity index (χ0) is 12.0. The Morgan fingerprint density at radius 2 is 2.25 bits per heavy atom. The molecule has 0 aliphatic rings. The van der Waals surface area contributed by atoms with Crippen LogP contribution in [0.5, 0.6) is 5.75 Å². The topological polar surface area (TPSA) is 58.6 Å². The molecule has 1 rings (SSSR count). The average Bonchev–Trinajstić information content (AvgIpc) is 2.21. The van der Waals surface area contributed by atoms with Gasteiger partial charge in [-0.2, -0.15) is 0 Å². The van der Waals surface area contributed by atoms with Crippen molar-refractivity contribution in [1.82, 2.24) is 5.32 Å². The first-order valence-corrected chi connectivity index (χ1v) is 5.28. The second kappa shape index (κ2) is 6.12. The highest BCUT2D eigenvalue weighted by atomic mass is 16.5. The third kappa shape index (κ3) is 3.90. The van der Waals surface area contributed by atoms with E-state index in [1.165, 1.54) is 0 Å². The van der Waals surface area contributed by atoms with Crippen LogP contribution in [0.25, 0.3) is 0 Å². The van der Waals surface area contributed by atoms with Crippen LogP contribution < -0.4 is 10.1 Å². The summed E-state index contributed by atoms with van der Waals surface area (Å²) in [5, 5.41) is 11.4. The van der Waals surface area contributed by atoms with Crippen molar-refractivity contribution in [2.75, 3.05) is 13.2 Å². The first-order valence-electron chi connectivity index (χ1n) is 5.28. The maximum Gasteiger partial charge on any atom is 0.317 e. The summed E-state index contributed by atoms with van der Waals surface area (Å²) in [5.41, 5.74) is 2.12. The first kappa shape index (κ1) is 12.5. The van der Waals surface area contributed by atoms with Crippen molar-refractivity contribution in [3.8, 4) is 5.75 Å². The van der Waals surface area contributed by atoms with Gasteiger partial charge in [-0.25, -0.2) is 0 Å². The van der Waals surface area contributed by atoms with Crippen LogP contribution in [0.2, 0.25) is 0 Å². The maximum absolute atomic E-state index is 10.4. The number of nitrogens with one attached hydrogen (secondary N) is 1. The highest BCUT2D eigenvalue weighted by Gasteiger charge is 2.04. The molecule has 0 bridgehead atoms. The van der Waals surface area contributed by atoms with E-state index in [4.69, 9.17) is 9.84 Å². The monoisotopic (exact) mass is 223 g/mol. The van der Waals surface area contributed by atoms with E-state index in [-0.39, 0.29) is 6.54 Å². The van der Waals surface area contributed by atoms with E-state index in [0.717, 1.165) is 16.9 Å². The van der Waals surface area contributed by atoms with Crippen LogP contribution >= 0.6 is 0 Å². The molecule has 0 atom stereocenters. The lowest BCUT2D eigenvalue weighted by Crippen LogP contribution is -2.22. The molecular formula is C12H17NO3. The van der Waals surface area contributed by atoms with Crippen LogP contribution in [0, 0.1) is 6.92 Å². The second-order valence-electron chi connectivity index (χ2n) is 3.54. The molecule has 0 amide bonds. The summed E-state index contributed by atoms with van der Waals surface area (Å²) >= 11 is 0. The first-order chi connectivity index (χ1) is 7.63. The minimum absolute atomic E-state index is 0.0422. The Labute approximate surface area is 95.2 Å². The lowest BCUT2D eigenvalue weighted by atomic mass is 10.1. The fraction of sp³-hybridized carbons (Fsp3) is 0.417. The SMILES string of the molecule is CCOc1ccc(C)cc1CNCC(=O)O. The molecule has 0 heterocycles. The number of ether oxygens (including phenoxy) is 1. The molecule has 0 saturated carbocycles. The van der Waals surface area contributed by atoms with Crippen molar-refractivity contribution in [2.24, 2.45) is 0 Å². The average molecular weight is 223 g/mol. The number of hydrogen-bond acceptors (Lipinski definition) is 3. The van der Waals surface area contributed by atoms with E-state index in [0.29, 0.717) is 13.2 Å². The Balaban J connectivity index is 2.67. The Morgan fingerprint density at radius 1 is 1.50 bits per heavy atom. The summed E-state index contributed by atoms with van der Waals surface area (Å²) in [4.78, 5) is 10.4. The third-order valence-electron chi connectivity index (χ3n) is 2.11. The van der Waals surface area contributed by atoms with Gasteiger partial charge < -0.3 is 15.2 Å². The van der Waals surface area contributed by atoms with Crippen LogP contribution in [0.1, 0.15) is 18.1 Å². The van der Waals surface area contributed by atoms with Gasteiger partial charge in [0.15, 0.2) is 0 Å². The molecule has 0 aliphatic carbocycles. The van der Waals surface area contributed by atoms with Gasteiger partial charge >= 0.3 is 5.97 Å². The molecule has 4 heteroatoms. The standard InChI is InChI=1S/C12H17NO3/c1-3-16-11-5-4-9(2)6-10(11)7-13-8-12(14)15/h4-6,13H,3,7-8H2,1-2H3,(H,14,15). The molecule has 0 fully saturated rings. The van der Waals surface area contributed by atoms with Gasteiger partial charge in [-0.3, -0.25) is 4.79 Å². The largest absolute Gasteiger partial charge is 0.494 e. The summed E-state index contributed by atoms with van der Waals surface area (Å²) in [7, 11) is 0. The van der Waals surface area contributed by atoms with E-state index in [1.54, 1.807) is 0 Å². The van der Waals surface area contributed by atoms with Gasteiger partial charge in [0.25, 0.3) is 0 Å². The van der Waals surface area contributed by atoms with Gasteiger partial charge in [0.05, 0.1) is 13.2 Å². The highest BCUT2D eigenvalue weighted by Crippen LogP contribution is 2.19. The van der Waals surface area contributed by atoms with Gasteiger partial charge in [0, 0.05) is 12.1 Å². The van der Waals surface area contributed by atoms with Crippen molar-refractivity contribution in [3.05, 3.63) is 29.3 Å². The number of aliphatic carboxylic acids is 1. The zero-order valence-corrected chi connectivity index (χ0v) is 9.62. The molecule has 0 unspecified atom stereocenters. The van der Waals surface area contributed by atoms with Gasteiger partial charge in [-0.15, -0.1) is 0 Å². The van der Waals surface area contributed by atoms with Crippen LogP contribution in [-0.2, 0) is 11.3 Å². The molecule has 0 aliphatic heterocycles. The summed E-state index contributed by atoms with van der Waals surface area (Å²) < 4.78 is 5.46. The van der Waals surface area contributed by atoms with Crippen molar-refractivity contribution in [3.63, 3.8) is 0 Å². The molecule has 0 radical (unpaired) electrons. The van der Waals surface area contributed by atoms with Crippen molar-refractivity contribution in [1.29, 1.82) is 0 Å². The van der Waals surface area contributed by atoms with E-state index in [9.17, 15) is 4.79 Å². The minimum atomic E-state index is -0.856. The molecule has 0 aromatic heterocycles. The number of aryl methyl sites for hydroxylation is 1. The van der Waals surface area contributed by atoms with Crippen LogP contribution in [0.3, 0.4) is 0 Å². The van der Waals surface area contributed by atoms with Crippen LogP contribution in [0.15, 0.2) is 18.2 Å². The van der Waals surface area contributed by atoms with Gasteiger partial charge in [-0.1, -0.05) is 17.7 Å². The van der Waals surface area contributed by atoms with Crippen molar-refractivity contribution in [2.45, 2.75) is 20.4 Å². The molecule has 1 aromatic rings. The molecule has 4 nitrogen and oxygen atoms in total. The van der Waals surface area contributed by atoms with Crippen LogP contribution in [-0.4, -0.2) is 24.2 Å². The van der Waals surface area contributed by atoms with E-state index in [2.05, 4.69) is 5.32 Å². The smallest absolute Gasteiger partial charge is 0.317 e.